The zero-order valence-electron chi connectivity index (χ0n) is 16.6. The number of nitrogens with zero attached hydrogens (tertiary/aromatic N) is 1. The number of ether oxygens (including phenoxy) is 1. The van der Waals surface area contributed by atoms with Crippen LogP contribution in [0.5, 0.6) is 0 Å². The van der Waals surface area contributed by atoms with Gasteiger partial charge in [0.25, 0.3) is 5.91 Å². The minimum absolute atomic E-state index is 0.161. The SMILES string of the molecule is COCc1c(C(=O)Nc2ccc(-c3nc4ccccc4[nH]3)cc2)sc2cccc(F)c12. The standard InChI is InChI=1S/C24H18FN3O2S/c1-30-13-16-21-17(25)5-4-8-20(21)31-22(16)24(29)26-15-11-9-14(10-12-15)23-27-18-6-2-3-7-19(18)28-23/h2-12H,13H2,1H3,(H,26,29)(H,27,28). The summed E-state index contributed by atoms with van der Waals surface area (Å²) in [6.07, 6.45) is 0. The number of rotatable bonds is 5. The van der Waals surface area contributed by atoms with E-state index in [1.165, 1.54) is 24.5 Å². The van der Waals surface area contributed by atoms with Crippen LogP contribution in [0.1, 0.15) is 15.2 Å². The van der Waals surface area contributed by atoms with E-state index in [1.54, 1.807) is 12.1 Å². The predicted octanol–water partition coefficient (Wildman–Crippen LogP) is 5.98. The molecular formula is C24H18FN3O2S. The van der Waals surface area contributed by atoms with Crippen LogP contribution in [-0.2, 0) is 11.3 Å². The van der Waals surface area contributed by atoms with E-state index in [-0.39, 0.29) is 18.3 Å². The number of benzene rings is 3. The van der Waals surface area contributed by atoms with Crippen molar-refractivity contribution in [3.8, 4) is 11.4 Å². The van der Waals surface area contributed by atoms with Gasteiger partial charge in [-0.3, -0.25) is 4.79 Å². The lowest BCUT2D eigenvalue weighted by atomic mass is 10.1. The Balaban J connectivity index is 1.42. The molecule has 0 saturated carbocycles. The molecule has 0 atom stereocenters. The molecule has 2 N–H and O–H groups in total. The number of methoxy groups -OCH3 is 1. The maximum Gasteiger partial charge on any atom is 0.266 e. The molecule has 1 amide bonds. The van der Waals surface area contributed by atoms with Crippen LogP contribution in [0.15, 0.2) is 66.7 Å². The molecule has 0 aliphatic carbocycles. The number of nitrogens with one attached hydrogen (secondary N) is 2. The van der Waals surface area contributed by atoms with E-state index in [0.29, 0.717) is 21.5 Å². The molecule has 2 aromatic heterocycles. The Labute approximate surface area is 181 Å². The van der Waals surface area contributed by atoms with Crippen LogP contribution in [-0.4, -0.2) is 23.0 Å². The predicted molar refractivity (Wildman–Crippen MR) is 122 cm³/mol. The summed E-state index contributed by atoms with van der Waals surface area (Å²) in [5, 5.41) is 3.35. The van der Waals surface area contributed by atoms with Gasteiger partial charge >= 0.3 is 0 Å². The summed E-state index contributed by atoms with van der Waals surface area (Å²) in [6.45, 7) is 0.161. The van der Waals surface area contributed by atoms with Gasteiger partial charge in [-0.15, -0.1) is 11.3 Å². The first-order valence-electron chi connectivity index (χ1n) is 9.69. The summed E-state index contributed by atoms with van der Waals surface area (Å²) in [4.78, 5) is 21.3. The first kappa shape index (κ1) is 19.4. The third-order valence-electron chi connectivity index (χ3n) is 5.06. The zero-order valence-corrected chi connectivity index (χ0v) is 17.4. The average Bonchev–Trinajstić information content (AvgIpc) is 3.37. The first-order valence-corrected chi connectivity index (χ1v) is 10.5. The molecule has 5 aromatic rings. The van der Waals surface area contributed by atoms with Gasteiger partial charge in [-0.25, -0.2) is 9.37 Å². The number of hydrogen-bond donors (Lipinski definition) is 2. The number of amides is 1. The number of carbonyl (C=O) groups excluding carboxylic acids is 1. The number of imidazole rings is 1. The zero-order chi connectivity index (χ0) is 21.4. The summed E-state index contributed by atoms with van der Waals surface area (Å²) in [5.74, 6) is 0.126. The van der Waals surface area contributed by atoms with Gasteiger partial charge in [0.05, 0.1) is 22.5 Å². The second-order valence-corrected chi connectivity index (χ2v) is 8.14. The van der Waals surface area contributed by atoms with Gasteiger partial charge in [-0.1, -0.05) is 18.2 Å². The van der Waals surface area contributed by atoms with Crippen molar-refractivity contribution in [2.45, 2.75) is 6.61 Å². The molecule has 0 radical (unpaired) electrons. The number of thiophene rings is 1. The molecule has 2 heterocycles. The number of halogens is 1. The molecule has 0 fully saturated rings. The van der Waals surface area contributed by atoms with E-state index in [1.807, 2.05) is 48.5 Å². The summed E-state index contributed by atoms with van der Waals surface area (Å²) in [7, 11) is 1.53. The monoisotopic (exact) mass is 431 g/mol. The van der Waals surface area contributed by atoms with Crippen molar-refractivity contribution in [1.29, 1.82) is 0 Å². The van der Waals surface area contributed by atoms with E-state index in [0.717, 1.165) is 27.1 Å². The van der Waals surface area contributed by atoms with Crippen molar-refractivity contribution in [2.75, 3.05) is 12.4 Å². The molecule has 0 saturated heterocycles. The third kappa shape index (κ3) is 3.58. The minimum Gasteiger partial charge on any atom is -0.380 e. The van der Waals surface area contributed by atoms with Crippen molar-refractivity contribution in [2.24, 2.45) is 0 Å². The molecule has 0 unspecified atom stereocenters. The van der Waals surface area contributed by atoms with E-state index in [2.05, 4.69) is 15.3 Å². The van der Waals surface area contributed by atoms with Crippen molar-refractivity contribution >= 4 is 44.1 Å². The first-order chi connectivity index (χ1) is 15.1. The Hall–Kier alpha value is -3.55. The normalized spacial score (nSPS) is 11.3. The van der Waals surface area contributed by atoms with Gasteiger partial charge in [0.15, 0.2) is 0 Å². The van der Waals surface area contributed by atoms with Crippen molar-refractivity contribution in [3.05, 3.63) is 83.0 Å². The topological polar surface area (TPSA) is 67.0 Å². The maximum atomic E-state index is 14.4. The van der Waals surface area contributed by atoms with Crippen LogP contribution in [0.25, 0.3) is 32.5 Å². The lowest BCUT2D eigenvalue weighted by Gasteiger charge is -2.07. The van der Waals surface area contributed by atoms with E-state index >= 15 is 0 Å². The quantitative estimate of drug-likeness (QED) is 0.360. The van der Waals surface area contributed by atoms with Crippen LogP contribution in [0.3, 0.4) is 0 Å². The minimum atomic E-state index is -0.352. The number of aromatic amines is 1. The van der Waals surface area contributed by atoms with E-state index < -0.39 is 0 Å². The van der Waals surface area contributed by atoms with E-state index in [9.17, 15) is 9.18 Å². The smallest absolute Gasteiger partial charge is 0.266 e. The Kier molecular flexibility index (Phi) is 4.97. The number of carbonyl (C=O) groups is 1. The highest BCUT2D eigenvalue weighted by atomic mass is 32.1. The van der Waals surface area contributed by atoms with Crippen LogP contribution in [0.2, 0.25) is 0 Å². The molecule has 0 bridgehead atoms. The number of fused-ring (bicyclic) bond motifs is 2. The number of anilines is 1. The summed E-state index contributed by atoms with van der Waals surface area (Å²) >= 11 is 1.26. The molecule has 0 aliphatic heterocycles. The molecule has 154 valence electrons. The molecule has 7 heteroatoms. The fourth-order valence-corrected chi connectivity index (χ4v) is 4.74. The molecule has 0 aliphatic rings. The number of H-pyrrole nitrogens is 1. The van der Waals surface area contributed by atoms with Gasteiger partial charge in [-0.05, 0) is 48.5 Å². The van der Waals surface area contributed by atoms with Crippen molar-refractivity contribution < 1.29 is 13.9 Å². The summed E-state index contributed by atoms with van der Waals surface area (Å²) in [5.41, 5.74) is 4.00. The highest BCUT2D eigenvalue weighted by Crippen LogP contribution is 2.34. The van der Waals surface area contributed by atoms with Gasteiger partial charge in [0.2, 0.25) is 0 Å². The van der Waals surface area contributed by atoms with Crippen LogP contribution in [0.4, 0.5) is 10.1 Å². The van der Waals surface area contributed by atoms with Gasteiger partial charge < -0.3 is 15.0 Å². The van der Waals surface area contributed by atoms with Gasteiger partial charge in [-0.2, -0.15) is 0 Å². The second kappa shape index (κ2) is 7.94. The summed E-state index contributed by atoms with van der Waals surface area (Å²) < 4.78 is 20.3. The molecule has 5 rings (SSSR count). The van der Waals surface area contributed by atoms with Crippen molar-refractivity contribution in [3.63, 3.8) is 0 Å². The summed E-state index contributed by atoms with van der Waals surface area (Å²) in [6, 6.07) is 20.1. The van der Waals surface area contributed by atoms with Crippen LogP contribution in [0, 0.1) is 5.82 Å². The lowest BCUT2D eigenvalue weighted by Crippen LogP contribution is -2.12. The molecule has 0 spiro atoms. The molecular weight excluding hydrogens is 413 g/mol. The largest absolute Gasteiger partial charge is 0.380 e. The fourth-order valence-electron chi connectivity index (χ4n) is 3.62. The number of para-hydroxylation sites is 2. The Morgan fingerprint density at radius 1 is 1.10 bits per heavy atom. The van der Waals surface area contributed by atoms with Crippen molar-refractivity contribution in [1.82, 2.24) is 9.97 Å². The fraction of sp³-hybridized carbons (Fsp3) is 0.0833. The maximum absolute atomic E-state index is 14.4. The Morgan fingerprint density at radius 2 is 1.90 bits per heavy atom. The highest BCUT2D eigenvalue weighted by Gasteiger charge is 2.21. The molecule has 3 aromatic carbocycles. The van der Waals surface area contributed by atoms with Crippen LogP contribution >= 0.6 is 11.3 Å². The average molecular weight is 431 g/mol. The third-order valence-corrected chi connectivity index (χ3v) is 6.26. The molecule has 31 heavy (non-hydrogen) atoms. The Bertz CT molecular complexity index is 1370. The van der Waals surface area contributed by atoms with Gasteiger partial charge in [0.1, 0.15) is 11.6 Å². The van der Waals surface area contributed by atoms with E-state index in [4.69, 9.17) is 4.74 Å². The molecule has 5 nitrogen and oxygen atoms in total. The Morgan fingerprint density at radius 3 is 2.68 bits per heavy atom. The highest BCUT2D eigenvalue weighted by molar-refractivity contribution is 7.21. The second-order valence-electron chi connectivity index (χ2n) is 7.09. The van der Waals surface area contributed by atoms with Gasteiger partial charge in [0, 0.05) is 34.0 Å². The lowest BCUT2D eigenvalue weighted by molar-refractivity contribution is 0.102. The number of hydrogen-bond acceptors (Lipinski definition) is 4. The number of aromatic nitrogens is 2. The van der Waals surface area contributed by atoms with Crippen LogP contribution < -0.4 is 5.32 Å².